The van der Waals surface area contributed by atoms with Gasteiger partial charge in [0.05, 0.1) is 24.7 Å². The van der Waals surface area contributed by atoms with E-state index in [0.717, 1.165) is 12.0 Å². The smallest absolute Gasteiger partial charge is 0.339 e. The van der Waals surface area contributed by atoms with Crippen LogP contribution >= 0.6 is 0 Å². The van der Waals surface area contributed by atoms with Crippen LogP contribution in [-0.2, 0) is 23.8 Å². The average molecular weight is 503 g/mol. The van der Waals surface area contributed by atoms with Gasteiger partial charge in [0.25, 0.3) is 0 Å². The van der Waals surface area contributed by atoms with E-state index in [2.05, 4.69) is 34.6 Å². The maximum atomic E-state index is 13.3. The third-order valence-electron chi connectivity index (χ3n) is 11.7. The number of carbonyl (C=O) groups is 2. The summed E-state index contributed by atoms with van der Waals surface area (Å²) in [6, 6.07) is 1.82. The molecule has 0 aromatic carbocycles. The van der Waals surface area contributed by atoms with Crippen molar-refractivity contribution >= 4 is 11.9 Å². The molecule has 36 heavy (non-hydrogen) atoms. The Labute approximate surface area is 211 Å². The number of esters is 2. The number of aliphatic hydroxyl groups is 2. The molecule has 1 aromatic rings. The van der Waals surface area contributed by atoms with Gasteiger partial charge in [0.15, 0.2) is 6.10 Å². The van der Waals surface area contributed by atoms with Gasteiger partial charge in [0.1, 0.15) is 17.8 Å². The van der Waals surface area contributed by atoms with Crippen LogP contribution in [0.15, 0.2) is 23.0 Å². The first kappa shape index (κ1) is 24.4. The second kappa shape index (κ2) is 7.14. The molecule has 0 radical (unpaired) electrons. The molecule has 2 N–H and O–H groups in total. The lowest BCUT2D eigenvalue weighted by Crippen LogP contribution is -2.75. The highest BCUT2D eigenvalue weighted by Gasteiger charge is 2.89. The topological polar surface area (TPSA) is 119 Å². The highest BCUT2D eigenvalue weighted by atomic mass is 16.7. The predicted octanol–water partition coefficient (Wildman–Crippen LogP) is 3.55. The molecule has 11 atom stereocenters. The van der Waals surface area contributed by atoms with E-state index < -0.39 is 63.8 Å². The summed E-state index contributed by atoms with van der Waals surface area (Å²) in [7, 11) is 0. The fourth-order valence-corrected chi connectivity index (χ4v) is 9.83. The van der Waals surface area contributed by atoms with Crippen molar-refractivity contribution in [2.75, 3.05) is 0 Å². The summed E-state index contributed by atoms with van der Waals surface area (Å²) in [5, 5.41) is 22.6. The van der Waals surface area contributed by atoms with E-state index in [-0.39, 0.29) is 17.8 Å². The molecular weight excluding hydrogens is 464 g/mol. The molecule has 2 aliphatic heterocycles. The number of hydrogen-bond donors (Lipinski definition) is 2. The van der Waals surface area contributed by atoms with E-state index in [9.17, 15) is 19.8 Å². The first-order valence-corrected chi connectivity index (χ1v) is 13.2. The molecular formula is C28H38O8. The minimum Gasteiger partial charge on any atom is -0.472 e. The molecule has 198 valence electrons. The zero-order valence-corrected chi connectivity index (χ0v) is 21.9. The zero-order valence-electron chi connectivity index (χ0n) is 21.9. The molecule has 3 aliphatic carbocycles. The maximum absolute atomic E-state index is 13.3. The van der Waals surface area contributed by atoms with Crippen LogP contribution in [0, 0.1) is 33.5 Å². The lowest BCUT2D eigenvalue weighted by Gasteiger charge is -2.71. The van der Waals surface area contributed by atoms with Gasteiger partial charge in [0, 0.05) is 35.2 Å². The number of fused-ring (bicyclic) bond motifs is 3. The summed E-state index contributed by atoms with van der Waals surface area (Å²) in [6.07, 6.45) is 2.15. The van der Waals surface area contributed by atoms with Gasteiger partial charge in [-0.25, -0.2) is 4.79 Å². The number of rotatable bonds is 2. The van der Waals surface area contributed by atoms with E-state index in [0.29, 0.717) is 19.3 Å². The van der Waals surface area contributed by atoms with Crippen LogP contribution < -0.4 is 0 Å². The summed E-state index contributed by atoms with van der Waals surface area (Å²) < 4.78 is 24.0. The Morgan fingerprint density at radius 1 is 1.06 bits per heavy atom. The molecule has 6 rings (SSSR count). The van der Waals surface area contributed by atoms with Gasteiger partial charge in [-0.15, -0.1) is 0 Å². The van der Waals surface area contributed by atoms with Gasteiger partial charge in [-0.3, -0.25) is 4.79 Å². The first-order chi connectivity index (χ1) is 16.8. The summed E-state index contributed by atoms with van der Waals surface area (Å²) in [6.45, 7) is 11.9. The molecule has 0 amide bonds. The van der Waals surface area contributed by atoms with Gasteiger partial charge >= 0.3 is 11.9 Å². The van der Waals surface area contributed by atoms with E-state index in [1.165, 1.54) is 6.92 Å². The average Bonchev–Trinajstić information content (AvgIpc) is 3.36. The number of cyclic esters (lactones) is 1. The van der Waals surface area contributed by atoms with Crippen molar-refractivity contribution in [3.05, 3.63) is 24.2 Å². The first-order valence-electron chi connectivity index (χ1n) is 13.2. The summed E-state index contributed by atoms with van der Waals surface area (Å²) in [5.41, 5.74) is -2.53. The number of ether oxygens (including phenoxy) is 3. The molecule has 8 nitrogen and oxygen atoms in total. The molecule has 5 fully saturated rings. The van der Waals surface area contributed by atoms with Gasteiger partial charge in [-0.2, -0.15) is 0 Å². The Morgan fingerprint density at radius 3 is 2.42 bits per heavy atom. The standard InChI is InChI=1S/C28H38O8/c1-14(29)34-20-11-17-24(2,3)18(30)12-19(31)26(17,5)16-7-9-25(4)21(15-8-10-33-13-15)35-23(32)22-28(25,36-22)27(16,20)6/h8,10,13,16-22,30-31H,7,9,11-12H2,1-6H3/t16?,17?,18-,19+,20-,21+,22-,25+,26-,27+,28-/m1/s1. The normalized spacial score (nSPS) is 52.7. The minimum atomic E-state index is -0.922. The van der Waals surface area contributed by atoms with Crippen molar-refractivity contribution in [2.24, 2.45) is 33.5 Å². The minimum absolute atomic E-state index is 0.0932. The Morgan fingerprint density at radius 2 is 1.78 bits per heavy atom. The molecule has 1 aromatic heterocycles. The SMILES string of the molecule is CC(=O)O[C@@H]1CC2C(C)(C)[C@H](O)C[C@H](O)[C@]2(C)C2CC[C@@]3(C)[C@H](c4ccoc4)OC(=O)[C@H]4O[C@]43[C@@]21C. The lowest BCUT2D eigenvalue weighted by molar-refractivity contribution is -0.295. The summed E-state index contributed by atoms with van der Waals surface area (Å²) in [5.74, 6) is -0.994. The fourth-order valence-electron chi connectivity index (χ4n) is 9.83. The highest BCUT2D eigenvalue weighted by Crippen LogP contribution is 2.80. The van der Waals surface area contributed by atoms with Crippen molar-refractivity contribution in [3.8, 4) is 0 Å². The van der Waals surface area contributed by atoms with E-state index in [1.807, 2.05) is 6.07 Å². The summed E-state index contributed by atoms with van der Waals surface area (Å²) >= 11 is 0. The quantitative estimate of drug-likeness (QED) is 0.466. The molecule has 5 aliphatic rings. The van der Waals surface area contributed by atoms with Crippen molar-refractivity contribution in [1.29, 1.82) is 0 Å². The van der Waals surface area contributed by atoms with Gasteiger partial charge in [-0.1, -0.05) is 34.6 Å². The van der Waals surface area contributed by atoms with Crippen LogP contribution in [0.4, 0.5) is 0 Å². The van der Waals surface area contributed by atoms with Crippen LogP contribution in [0.2, 0.25) is 0 Å². The van der Waals surface area contributed by atoms with Crippen molar-refractivity contribution in [2.45, 2.75) is 103 Å². The molecule has 8 heteroatoms. The molecule has 3 heterocycles. The van der Waals surface area contributed by atoms with Gasteiger partial charge in [0.2, 0.25) is 0 Å². The van der Waals surface area contributed by atoms with Crippen LogP contribution in [0.25, 0.3) is 0 Å². The van der Waals surface area contributed by atoms with Crippen molar-refractivity contribution in [1.82, 2.24) is 0 Å². The van der Waals surface area contributed by atoms with E-state index in [1.54, 1.807) is 12.5 Å². The summed E-state index contributed by atoms with van der Waals surface area (Å²) in [4.78, 5) is 25.7. The third-order valence-corrected chi connectivity index (χ3v) is 11.7. The van der Waals surface area contributed by atoms with E-state index >= 15 is 0 Å². The lowest BCUT2D eigenvalue weighted by atomic mass is 9.34. The van der Waals surface area contributed by atoms with Gasteiger partial charge in [-0.05, 0) is 42.6 Å². The molecule has 3 saturated carbocycles. The van der Waals surface area contributed by atoms with Crippen LogP contribution in [0.1, 0.15) is 78.9 Å². The van der Waals surface area contributed by atoms with Crippen molar-refractivity contribution in [3.63, 3.8) is 0 Å². The monoisotopic (exact) mass is 502 g/mol. The third kappa shape index (κ3) is 2.56. The molecule has 2 saturated heterocycles. The van der Waals surface area contributed by atoms with Crippen LogP contribution in [0.5, 0.6) is 0 Å². The Hall–Kier alpha value is -1.90. The maximum Gasteiger partial charge on any atom is 0.339 e. The zero-order chi connectivity index (χ0) is 26.1. The molecule has 0 bridgehead atoms. The predicted molar refractivity (Wildman–Crippen MR) is 126 cm³/mol. The van der Waals surface area contributed by atoms with E-state index in [4.69, 9.17) is 18.6 Å². The van der Waals surface area contributed by atoms with Crippen LogP contribution in [-0.4, -0.2) is 52.2 Å². The highest BCUT2D eigenvalue weighted by molar-refractivity contribution is 5.82. The van der Waals surface area contributed by atoms with Crippen LogP contribution in [0.3, 0.4) is 0 Å². The number of hydrogen-bond acceptors (Lipinski definition) is 8. The fraction of sp³-hybridized carbons (Fsp3) is 0.786. The Kier molecular flexibility index (Phi) is 4.85. The number of furan rings is 1. The Balaban J connectivity index is 1.55. The number of carbonyl (C=O) groups excluding carboxylic acids is 2. The largest absolute Gasteiger partial charge is 0.472 e. The van der Waals surface area contributed by atoms with Crippen molar-refractivity contribution < 1.29 is 38.4 Å². The second-order valence-corrected chi connectivity index (χ2v) is 13.2. The second-order valence-electron chi connectivity index (χ2n) is 13.2. The number of aliphatic hydroxyl groups excluding tert-OH is 2. The number of epoxide rings is 1. The molecule has 1 spiro atoms. The Bertz CT molecular complexity index is 1100. The molecule has 2 unspecified atom stereocenters. The van der Waals surface area contributed by atoms with Gasteiger partial charge < -0.3 is 28.8 Å².